The molecule has 1 saturated heterocycles. The predicted octanol–water partition coefficient (Wildman–Crippen LogP) is 2.97. The first-order valence-corrected chi connectivity index (χ1v) is 7.26. The van der Waals surface area contributed by atoms with Crippen LogP contribution >= 0.6 is 23.2 Å². The lowest BCUT2D eigenvalue weighted by Crippen LogP contribution is -2.39. The average Bonchev–Trinajstić information content (AvgIpc) is 2.57. The van der Waals surface area contributed by atoms with E-state index in [4.69, 9.17) is 23.2 Å². The number of carbonyl (C=O) groups is 1. The van der Waals surface area contributed by atoms with Gasteiger partial charge in [-0.1, -0.05) is 29.3 Å². The van der Waals surface area contributed by atoms with E-state index in [0.29, 0.717) is 10.0 Å². The van der Waals surface area contributed by atoms with Crippen molar-refractivity contribution < 1.29 is 4.79 Å². The predicted molar refractivity (Wildman–Crippen MR) is 78.9 cm³/mol. The summed E-state index contributed by atoms with van der Waals surface area (Å²) in [5, 5.41) is 7.57. The zero-order chi connectivity index (χ0) is 13.8. The molecular formula is C14H18Cl2N2O. The van der Waals surface area contributed by atoms with Crippen LogP contribution in [-0.4, -0.2) is 25.0 Å². The van der Waals surface area contributed by atoms with Crippen molar-refractivity contribution >= 4 is 29.1 Å². The van der Waals surface area contributed by atoms with Gasteiger partial charge in [0.15, 0.2) is 0 Å². The van der Waals surface area contributed by atoms with Crippen LogP contribution in [0, 0.1) is 0 Å². The van der Waals surface area contributed by atoms with Gasteiger partial charge in [-0.3, -0.25) is 4.79 Å². The summed E-state index contributed by atoms with van der Waals surface area (Å²) in [5.74, 6) is 0.234. The Morgan fingerprint density at radius 2 is 2.16 bits per heavy atom. The van der Waals surface area contributed by atoms with Gasteiger partial charge in [-0.2, -0.15) is 0 Å². The van der Waals surface area contributed by atoms with E-state index >= 15 is 0 Å². The first-order valence-electron chi connectivity index (χ1n) is 6.50. The van der Waals surface area contributed by atoms with Crippen LogP contribution in [0.25, 0.3) is 0 Å². The van der Waals surface area contributed by atoms with Crippen LogP contribution in [0.2, 0.25) is 10.0 Å². The van der Waals surface area contributed by atoms with Gasteiger partial charge in [0.1, 0.15) is 0 Å². The lowest BCUT2D eigenvalue weighted by Gasteiger charge is -2.26. The lowest BCUT2D eigenvalue weighted by molar-refractivity contribution is -0.119. The SMILES string of the molecule is CC(=O)N[C@@H]1CCCNC[C@H]1c1ccc(Cl)c(Cl)c1. The van der Waals surface area contributed by atoms with Crippen molar-refractivity contribution in [2.45, 2.75) is 31.7 Å². The second-order valence-electron chi connectivity index (χ2n) is 4.93. The molecule has 19 heavy (non-hydrogen) atoms. The molecule has 2 rings (SSSR count). The van der Waals surface area contributed by atoms with Crippen LogP contribution in [0.5, 0.6) is 0 Å². The largest absolute Gasteiger partial charge is 0.353 e. The first kappa shape index (κ1) is 14.6. The van der Waals surface area contributed by atoms with Gasteiger partial charge in [-0.05, 0) is 37.1 Å². The number of halogens is 2. The van der Waals surface area contributed by atoms with Gasteiger partial charge >= 0.3 is 0 Å². The fourth-order valence-corrected chi connectivity index (χ4v) is 2.88. The van der Waals surface area contributed by atoms with E-state index in [2.05, 4.69) is 10.6 Å². The van der Waals surface area contributed by atoms with E-state index in [9.17, 15) is 4.79 Å². The summed E-state index contributed by atoms with van der Waals surface area (Å²) in [6, 6.07) is 5.84. The average molecular weight is 301 g/mol. The van der Waals surface area contributed by atoms with Crippen molar-refractivity contribution in [3.8, 4) is 0 Å². The van der Waals surface area contributed by atoms with E-state index in [0.717, 1.165) is 31.5 Å². The third-order valence-electron chi connectivity index (χ3n) is 3.48. The van der Waals surface area contributed by atoms with E-state index < -0.39 is 0 Å². The molecule has 0 aromatic heterocycles. The molecular weight excluding hydrogens is 283 g/mol. The number of rotatable bonds is 2. The third kappa shape index (κ3) is 3.85. The molecule has 0 spiro atoms. The van der Waals surface area contributed by atoms with Gasteiger partial charge in [0.05, 0.1) is 10.0 Å². The molecule has 5 heteroatoms. The molecule has 0 saturated carbocycles. The van der Waals surface area contributed by atoms with Crippen molar-refractivity contribution in [2.24, 2.45) is 0 Å². The summed E-state index contributed by atoms with van der Waals surface area (Å²) in [5.41, 5.74) is 1.11. The highest BCUT2D eigenvalue weighted by atomic mass is 35.5. The van der Waals surface area contributed by atoms with E-state index in [1.807, 2.05) is 18.2 Å². The molecule has 1 heterocycles. The summed E-state index contributed by atoms with van der Waals surface area (Å²) in [6.07, 6.45) is 2.03. The van der Waals surface area contributed by atoms with Gasteiger partial charge < -0.3 is 10.6 Å². The summed E-state index contributed by atoms with van der Waals surface area (Å²) >= 11 is 12.0. The fourth-order valence-electron chi connectivity index (χ4n) is 2.58. The number of nitrogens with one attached hydrogen (secondary N) is 2. The van der Waals surface area contributed by atoms with Crippen molar-refractivity contribution in [1.29, 1.82) is 0 Å². The maximum absolute atomic E-state index is 11.3. The second kappa shape index (κ2) is 6.60. The number of amides is 1. The Kier molecular flexibility index (Phi) is 5.08. The van der Waals surface area contributed by atoms with Gasteiger partial charge in [0, 0.05) is 25.4 Å². The van der Waals surface area contributed by atoms with Crippen LogP contribution in [0.3, 0.4) is 0 Å². The number of carbonyl (C=O) groups excluding carboxylic acids is 1. The highest BCUT2D eigenvalue weighted by Crippen LogP contribution is 2.30. The van der Waals surface area contributed by atoms with Crippen molar-refractivity contribution in [2.75, 3.05) is 13.1 Å². The topological polar surface area (TPSA) is 41.1 Å². The molecule has 1 amide bonds. The zero-order valence-corrected chi connectivity index (χ0v) is 12.4. The molecule has 104 valence electrons. The Hall–Kier alpha value is -0.770. The fraction of sp³-hybridized carbons (Fsp3) is 0.500. The molecule has 1 fully saturated rings. The molecule has 1 aliphatic heterocycles. The summed E-state index contributed by atoms with van der Waals surface area (Å²) in [7, 11) is 0. The Bertz CT molecular complexity index is 465. The minimum atomic E-state index is 0.0111. The summed E-state index contributed by atoms with van der Waals surface area (Å²) in [4.78, 5) is 11.3. The molecule has 2 atom stereocenters. The molecule has 0 unspecified atom stereocenters. The van der Waals surface area contributed by atoms with E-state index in [-0.39, 0.29) is 17.9 Å². The van der Waals surface area contributed by atoms with Crippen LogP contribution in [0.4, 0.5) is 0 Å². The lowest BCUT2D eigenvalue weighted by atomic mass is 9.89. The highest BCUT2D eigenvalue weighted by molar-refractivity contribution is 6.42. The summed E-state index contributed by atoms with van der Waals surface area (Å²) in [6.45, 7) is 3.38. The van der Waals surface area contributed by atoms with Crippen molar-refractivity contribution in [3.63, 3.8) is 0 Å². The van der Waals surface area contributed by atoms with Crippen LogP contribution in [0.1, 0.15) is 31.2 Å². The maximum atomic E-state index is 11.3. The number of benzene rings is 1. The molecule has 1 aliphatic rings. The smallest absolute Gasteiger partial charge is 0.217 e. The van der Waals surface area contributed by atoms with E-state index in [1.165, 1.54) is 0 Å². The van der Waals surface area contributed by atoms with Crippen LogP contribution in [0.15, 0.2) is 18.2 Å². The Balaban J connectivity index is 2.25. The Morgan fingerprint density at radius 1 is 1.37 bits per heavy atom. The van der Waals surface area contributed by atoms with Crippen LogP contribution in [-0.2, 0) is 4.79 Å². The molecule has 1 aromatic rings. The molecule has 0 radical (unpaired) electrons. The number of hydrogen-bond donors (Lipinski definition) is 2. The molecule has 3 nitrogen and oxygen atoms in total. The van der Waals surface area contributed by atoms with Gasteiger partial charge in [0.2, 0.25) is 5.91 Å². The first-order chi connectivity index (χ1) is 9.08. The molecule has 0 bridgehead atoms. The summed E-state index contributed by atoms with van der Waals surface area (Å²) < 4.78 is 0. The van der Waals surface area contributed by atoms with Crippen molar-refractivity contribution in [1.82, 2.24) is 10.6 Å². The zero-order valence-electron chi connectivity index (χ0n) is 10.9. The monoisotopic (exact) mass is 300 g/mol. The van der Waals surface area contributed by atoms with Crippen LogP contribution < -0.4 is 10.6 Å². The second-order valence-corrected chi connectivity index (χ2v) is 5.75. The Labute approximate surface area is 123 Å². The maximum Gasteiger partial charge on any atom is 0.217 e. The van der Waals surface area contributed by atoms with Gasteiger partial charge in [0.25, 0.3) is 0 Å². The van der Waals surface area contributed by atoms with Gasteiger partial charge in [-0.25, -0.2) is 0 Å². The highest BCUT2D eigenvalue weighted by Gasteiger charge is 2.26. The standard InChI is InChI=1S/C14H18Cl2N2O/c1-9(19)18-14-3-2-6-17-8-11(14)10-4-5-12(15)13(16)7-10/h4-5,7,11,14,17H,2-3,6,8H2,1H3,(H,18,19)/t11-,14+/m0/s1. The quantitative estimate of drug-likeness (QED) is 0.882. The normalized spacial score (nSPS) is 23.7. The minimum Gasteiger partial charge on any atom is -0.353 e. The molecule has 2 N–H and O–H groups in total. The molecule has 0 aliphatic carbocycles. The third-order valence-corrected chi connectivity index (χ3v) is 4.22. The molecule has 1 aromatic carbocycles. The Morgan fingerprint density at radius 3 is 2.84 bits per heavy atom. The van der Waals surface area contributed by atoms with E-state index in [1.54, 1.807) is 6.92 Å². The number of hydrogen-bond acceptors (Lipinski definition) is 2. The van der Waals surface area contributed by atoms with Crippen molar-refractivity contribution in [3.05, 3.63) is 33.8 Å². The van der Waals surface area contributed by atoms with Gasteiger partial charge in [-0.15, -0.1) is 0 Å². The minimum absolute atomic E-state index is 0.0111.